The summed E-state index contributed by atoms with van der Waals surface area (Å²) in [6, 6.07) is 21.0. The molecule has 0 saturated heterocycles. The normalized spacial score (nSPS) is 12.5. The van der Waals surface area contributed by atoms with Gasteiger partial charge in [0.1, 0.15) is 51.7 Å². The zero-order valence-corrected chi connectivity index (χ0v) is 27.7. The standard InChI is InChI=1S/C35H38ClFN4O4S/c1-4-15-41(16-5-2)31(22-46(3,42)43)34-14-13-32(45-34)26-10-11-30-28(19-26)35(40-23-39-30)38-20-24-9-12-33(29(36)18-24)44-21-25-7-6-8-27(37)17-25/h6-14,17-19,23,31H,4-5,15-16,20-22H2,1-3H3,(H,38,39,40). The van der Waals surface area contributed by atoms with Gasteiger partial charge in [-0.05, 0) is 91.7 Å². The second-order valence-electron chi connectivity index (χ2n) is 11.3. The van der Waals surface area contributed by atoms with Crippen molar-refractivity contribution in [2.45, 2.75) is 45.9 Å². The fourth-order valence-corrected chi connectivity index (χ4v) is 6.64. The molecule has 1 unspecified atom stereocenters. The van der Waals surface area contributed by atoms with Crippen molar-refractivity contribution in [3.05, 3.63) is 107 Å². The molecule has 5 aromatic rings. The molecule has 8 nitrogen and oxygen atoms in total. The van der Waals surface area contributed by atoms with E-state index >= 15 is 0 Å². The lowest BCUT2D eigenvalue weighted by atomic mass is 10.1. The van der Waals surface area contributed by atoms with Crippen molar-refractivity contribution in [2.24, 2.45) is 0 Å². The van der Waals surface area contributed by atoms with Crippen molar-refractivity contribution in [3.8, 4) is 17.1 Å². The van der Waals surface area contributed by atoms with Crippen LogP contribution < -0.4 is 10.1 Å². The zero-order valence-electron chi connectivity index (χ0n) is 26.2. The first-order valence-corrected chi connectivity index (χ1v) is 17.7. The highest BCUT2D eigenvalue weighted by Gasteiger charge is 2.27. The lowest BCUT2D eigenvalue weighted by molar-refractivity contribution is 0.191. The number of nitrogens with one attached hydrogen (secondary N) is 1. The number of sulfone groups is 1. The number of furan rings is 1. The van der Waals surface area contributed by atoms with Gasteiger partial charge in [-0.15, -0.1) is 0 Å². The molecule has 11 heteroatoms. The first kappa shape index (κ1) is 33.4. The molecule has 0 fully saturated rings. The Hall–Kier alpha value is -3.99. The third-order valence-electron chi connectivity index (χ3n) is 7.54. The van der Waals surface area contributed by atoms with E-state index in [0.717, 1.165) is 48.0 Å². The molecular weight excluding hydrogens is 627 g/mol. The minimum atomic E-state index is -3.25. The maximum Gasteiger partial charge on any atom is 0.149 e. The van der Waals surface area contributed by atoms with E-state index in [0.29, 0.717) is 40.2 Å². The molecule has 0 aliphatic rings. The summed E-state index contributed by atoms with van der Waals surface area (Å²) in [6.45, 7) is 6.39. The number of fused-ring (bicyclic) bond motifs is 1. The van der Waals surface area contributed by atoms with E-state index in [1.807, 2.05) is 42.5 Å². The van der Waals surface area contributed by atoms with E-state index in [4.69, 9.17) is 20.8 Å². The van der Waals surface area contributed by atoms with Gasteiger partial charge in [0, 0.05) is 23.8 Å². The maximum absolute atomic E-state index is 13.5. The first-order valence-electron chi connectivity index (χ1n) is 15.3. The summed E-state index contributed by atoms with van der Waals surface area (Å²) < 4.78 is 50.4. The number of benzene rings is 3. The molecule has 0 spiro atoms. The Labute approximate surface area is 274 Å². The van der Waals surface area contributed by atoms with Crippen molar-refractivity contribution in [2.75, 3.05) is 30.4 Å². The molecular formula is C35H38ClFN4O4S. The van der Waals surface area contributed by atoms with Gasteiger partial charge in [-0.2, -0.15) is 0 Å². The highest BCUT2D eigenvalue weighted by atomic mass is 35.5. The number of halogens is 2. The van der Waals surface area contributed by atoms with E-state index in [1.54, 1.807) is 18.2 Å². The van der Waals surface area contributed by atoms with Gasteiger partial charge >= 0.3 is 0 Å². The van der Waals surface area contributed by atoms with Gasteiger partial charge in [0.2, 0.25) is 0 Å². The monoisotopic (exact) mass is 664 g/mol. The summed E-state index contributed by atoms with van der Waals surface area (Å²) >= 11 is 6.51. The molecule has 2 aromatic heterocycles. The Kier molecular flexibility index (Phi) is 10.9. The molecule has 5 rings (SSSR count). The summed E-state index contributed by atoms with van der Waals surface area (Å²) in [7, 11) is -3.25. The van der Waals surface area contributed by atoms with Crippen molar-refractivity contribution in [3.63, 3.8) is 0 Å². The number of nitrogens with zero attached hydrogens (tertiary/aromatic N) is 3. The summed E-state index contributed by atoms with van der Waals surface area (Å²) in [4.78, 5) is 11.1. The molecule has 242 valence electrons. The molecule has 3 aromatic carbocycles. The fourth-order valence-electron chi connectivity index (χ4n) is 5.43. The van der Waals surface area contributed by atoms with Crippen LogP contribution >= 0.6 is 11.6 Å². The van der Waals surface area contributed by atoms with E-state index in [2.05, 4.69) is 34.0 Å². The van der Waals surface area contributed by atoms with Crippen molar-refractivity contribution >= 4 is 38.2 Å². The predicted molar refractivity (Wildman–Crippen MR) is 181 cm³/mol. The van der Waals surface area contributed by atoms with E-state index in [9.17, 15) is 12.8 Å². The largest absolute Gasteiger partial charge is 0.487 e. The maximum atomic E-state index is 13.5. The fraction of sp³-hybridized carbons (Fsp3) is 0.314. The number of rotatable bonds is 15. The van der Waals surface area contributed by atoms with Crippen LogP contribution in [0.15, 0.2) is 83.5 Å². The van der Waals surface area contributed by atoms with E-state index < -0.39 is 9.84 Å². The van der Waals surface area contributed by atoms with E-state index in [-0.39, 0.29) is 24.2 Å². The summed E-state index contributed by atoms with van der Waals surface area (Å²) in [5, 5.41) is 4.65. The van der Waals surface area contributed by atoms with Gasteiger partial charge in [-0.25, -0.2) is 22.8 Å². The van der Waals surface area contributed by atoms with Gasteiger partial charge < -0.3 is 14.5 Å². The van der Waals surface area contributed by atoms with Gasteiger partial charge in [0.05, 0.1) is 22.3 Å². The Bertz CT molecular complexity index is 1890. The van der Waals surface area contributed by atoms with Gasteiger partial charge in [-0.3, -0.25) is 4.90 Å². The average Bonchev–Trinajstić information content (AvgIpc) is 3.52. The lowest BCUT2D eigenvalue weighted by Gasteiger charge is -2.29. The predicted octanol–water partition coefficient (Wildman–Crippen LogP) is 8.08. The van der Waals surface area contributed by atoms with Crippen molar-refractivity contribution in [1.82, 2.24) is 14.9 Å². The molecule has 0 aliphatic heterocycles. The van der Waals surface area contributed by atoms with Crippen LogP contribution in [-0.4, -0.2) is 48.4 Å². The molecule has 1 N–H and O–H groups in total. The number of aromatic nitrogens is 2. The Morgan fingerprint density at radius 2 is 1.78 bits per heavy atom. The molecule has 0 radical (unpaired) electrons. The van der Waals surface area contributed by atoms with Crippen LogP contribution in [0.1, 0.15) is 49.6 Å². The Balaban J connectivity index is 1.33. The van der Waals surface area contributed by atoms with Crippen LogP contribution in [0.3, 0.4) is 0 Å². The zero-order chi connectivity index (χ0) is 32.7. The molecule has 1 atom stereocenters. The van der Waals surface area contributed by atoms with Gasteiger partial charge in [0.25, 0.3) is 0 Å². The third-order valence-corrected chi connectivity index (χ3v) is 8.75. The lowest BCUT2D eigenvalue weighted by Crippen LogP contribution is -2.34. The highest BCUT2D eigenvalue weighted by Crippen LogP contribution is 2.33. The van der Waals surface area contributed by atoms with Crippen LogP contribution in [0.4, 0.5) is 10.2 Å². The SMILES string of the molecule is CCCN(CCC)C(CS(C)(=O)=O)c1ccc(-c2ccc3ncnc(NCc4ccc(OCc5cccc(F)c5)c(Cl)c4)c3c2)o1. The molecule has 0 saturated carbocycles. The second-order valence-corrected chi connectivity index (χ2v) is 13.9. The second kappa shape index (κ2) is 15.1. The minimum absolute atomic E-state index is 0.0102. The van der Waals surface area contributed by atoms with Crippen LogP contribution in [0, 0.1) is 5.82 Å². The molecule has 46 heavy (non-hydrogen) atoms. The minimum Gasteiger partial charge on any atom is -0.487 e. The van der Waals surface area contributed by atoms with Crippen LogP contribution in [0.25, 0.3) is 22.2 Å². The molecule has 0 aliphatic carbocycles. The summed E-state index contributed by atoms with van der Waals surface area (Å²) in [6.07, 6.45) is 4.60. The van der Waals surface area contributed by atoms with Crippen LogP contribution in [-0.2, 0) is 23.0 Å². The number of ether oxygens (including phenoxy) is 1. The summed E-state index contributed by atoms with van der Waals surface area (Å²) in [5.74, 6) is 2.10. The van der Waals surface area contributed by atoms with Gasteiger partial charge in [0.15, 0.2) is 0 Å². The number of anilines is 1. The van der Waals surface area contributed by atoms with Gasteiger partial charge in [-0.1, -0.05) is 43.6 Å². The molecule has 0 bridgehead atoms. The highest BCUT2D eigenvalue weighted by molar-refractivity contribution is 7.90. The smallest absolute Gasteiger partial charge is 0.149 e. The van der Waals surface area contributed by atoms with Crippen LogP contribution in [0.2, 0.25) is 5.02 Å². The first-order chi connectivity index (χ1) is 22.1. The molecule has 2 heterocycles. The number of hydrogen-bond donors (Lipinski definition) is 1. The Morgan fingerprint density at radius 1 is 0.978 bits per heavy atom. The van der Waals surface area contributed by atoms with Crippen molar-refractivity contribution < 1.29 is 22.0 Å². The van der Waals surface area contributed by atoms with E-state index in [1.165, 1.54) is 24.7 Å². The topological polar surface area (TPSA) is 97.6 Å². The van der Waals surface area contributed by atoms with Crippen molar-refractivity contribution in [1.29, 1.82) is 0 Å². The Morgan fingerprint density at radius 3 is 2.50 bits per heavy atom. The summed E-state index contributed by atoms with van der Waals surface area (Å²) in [5.41, 5.74) is 3.22. The number of hydrogen-bond acceptors (Lipinski definition) is 8. The quantitative estimate of drug-likeness (QED) is 0.120. The average molecular weight is 665 g/mol. The molecule has 0 amide bonds. The third kappa shape index (κ3) is 8.63. The van der Waals surface area contributed by atoms with Crippen LogP contribution in [0.5, 0.6) is 5.75 Å².